The van der Waals surface area contributed by atoms with E-state index in [1.807, 2.05) is 79.7 Å². The van der Waals surface area contributed by atoms with Crippen LogP contribution in [0.25, 0.3) is 0 Å². The molecular weight excluding hydrogens is 248 g/mol. The van der Waals surface area contributed by atoms with Gasteiger partial charge in [-0.3, -0.25) is 0 Å². The van der Waals surface area contributed by atoms with E-state index in [1.54, 1.807) is 7.11 Å². The molecule has 20 heavy (non-hydrogen) atoms. The van der Waals surface area contributed by atoms with Crippen molar-refractivity contribution in [2.45, 2.75) is 62.3 Å². The van der Waals surface area contributed by atoms with Gasteiger partial charge in [0.05, 0.1) is 6.61 Å². The molecule has 0 aliphatic carbocycles. The van der Waals surface area contributed by atoms with E-state index in [1.165, 1.54) is 5.56 Å². The van der Waals surface area contributed by atoms with Crippen molar-refractivity contribution in [3.8, 4) is 5.75 Å². The molecule has 0 amide bonds. The maximum atomic E-state index is 5.38. The van der Waals surface area contributed by atoms with Crippen molar-refractivity contribution in [3.05, 3.63) is 29.8 Å². The van der Waals surface area contributed by atoms with E-state index in [-0.39, 0.29) is 0 Å². The van der Waals surface area contributed by atoms with Crippen molar-refractivity contribution in [2.24, 2.45) is 0 Å². The molecule has 122 valence electrons. The summed E-state index contributed by atoms with van der Waals surface area (Å²) in [4.78, 5) is 0. The molecule has 0 atom stereocenters. The fourth-order valence-corrected chi connectivity index (χ4v) is 0.877. The van der Waals surface area contributed by atoms with E-state index in [0.29, 0.717) is 13.2 Å². The van der Waals surface area contributed by atoms with Crippen LogP contribution in [-0.4, -0.2) is 20.3 Å². The van der Waals surface area contributed by atoms with Crippen LogP contribution in [0.1, 0.15) is 61.0 Å². The summed E-state index contributed by atoms with van der Waals surface area (Å²) in [5.41, 5.74) is 1.24. The number of benzene rings is 1. The lowest BCUT2D eigenvalue weighted by Crippen LogP contribution is -2.03. The summed E-state index contributed by atoms with van der Waals surface area (Å²) in [6.07, 6.45) is 0. The third-order valence-electron chi connectivity index (χ3n) is 1.58. The van der Waals surface area contributed by atoms with E-state index in [0.717, 1.165) is 5.75 Å². The Morgan fingerprint density at radius 3 is 1.45 bits per heavy atom. The minimum Gasteiger partial charge on any atom is -0.491 e. The highest BCUT2D eigenvalue weighted by molar-refractivity contribution is 5.26. The second-order valence-corrected chi connectivity index (χ2v) is 2.65. The predicted molar refractivity (Wildman–Crippen MR) is 93.9 cm³/mol. The lowest BCUT2D eigenvalue weighted by molar-refractivity contribution is 0.146. The van der Waals surface area contributed by atoms with Gasteiger partial charge in [-0.25, -0.2) is 0 Å². The van der Waals surface area contributed by atoms with Crippen molar-refractivity contribution in [3.63, 3.8) is 0 Å². The monoisotopic (exact) mass is 286 g/mol. The average molecular weight is 286 g/mol. The van der Waals surface area contributed by atoms with Gasteiger partial charge in [0.1, 0.15) is 12.4 Å². The van der Waals surface area contributed by atoms with Crippen LogP contribution in [-0.2, 0) is 4.74 Å². The highest BCUT2D eigenvalue weighted by Gasteiger charge is 1.91. The average Bonchev–Trinajstić information content (AvgIpc) is 2.57. The Labute approximate surface area is 128 Å². The van der Waals surface area contributed by atoms with Crippen molar-refractivity contribution in [1.82, 2.24) is 0 Å². The first-order valence-electron chi connectivity index (χ1n) is 8.01. The molecule has 2 nitrogen and oxygen atoms in total. The van der Waals surface area contributed by atoms with Gasteiger partial charge in [0.25, 0.3) is 0 Å². The van der Waals surface area contributed by atoms with E-state index in [9.17, 15) is 0 Å². The topological polar surface area (TPSA) is 18.5 Å². The Balaban J connectivity index is -0.000000138. The van der Waals surface area contributed by atoms with Gasteiger partial charge in [0.15, 0.2) is 0 Å². The number of methoxy groups -OCH3 is 1. The van der Waals surface area contributed by atoms with E-state index in [4.69, 9.17) is 9.47 Å². The van der Waals surface area contributed by atoms with Crippen LogP contribution in [0, 0.1) is 6.92 Å². The quantitative estimate of drug-likeness (QED) is 0.620. The fraction of sp³-hybridized carbons (Fsp3) is 0.667. The van der Waals surface area contributed by atoms with Crippen LogP contribution in [0.5, 0.6) is 5.75 Å². The molecular formula is C18H38O2. The van der Waals surface area contributed by atoms with Crippen LogP contribution in [0.3, 0.4) is 0 Å². The zero-order chi connectivity index (χ0) is 16.8. The fourth-order valence-electron chi connectivity index (χ4n) is 0.877. The second-order valence-electron chi connectivity index (χ2n) is 2.65. The smallest absolute Gasteiger partial charge is 0.119 e. The molecule has 0 aliphatic rings. The summed E-state index contributed by atoms with van der Waals surface area (Å²) in [7, 11) is 1.67. The molecule has 0 unspecified atom stereocenters. The van der Waals surface area contributed by atoms with Crippen LogP contribution >= 0.6 is 0 Å². The van der Waals surface area contributed by atoms with Gasteiger partial charge in [-0.15, -0.1) is 0 Å². The SMILES string of the molecule is CC.CC.CC.CC.COCCOc1ccc(C)cc1. The normalized spacial score (nSPS) is 7.10. The number of hydrogen-bond donors (Lipinski definition) is 0. The summed E-state index contributed by atoms with van der Waals surface area (Å²) >= 11 is 0. The van der Waals surface area contributed by atoms with Crippen molar-refractivity contribution < 1.29 is 9.47 Å². The van der Waals surface area contributed by atoms with Gasteiger partial charge in [0, 0.05) is 7.11 Å². The van der Waals surface area contributed by atoms with E-state index in [2.05, 4.69) is 6.92 Å². The minimum atomic E-state index is 0.611. The number of hydrogen-bond acceptors (Lipinski definition) is 2. The van der Waals surface area contributed by atoms with E-state index < -0.39 is 0 Å². The van der Waals surface area contributed by atoms with Crippen LogP contribution in [0.15, 0.2) is 24.3 Å². The third kappa shape index (κ3) is 22.2. The highest BCUT2D eigenvalue weighted by Crippen LogP contribution is 2.10. The third-order valence-corrected chi connectivity index (χ3v) is 1.58. The summed E-state index contributed by atoms with van der Waals surface area (Å²) in [6.45, 7) is 19.3. The molecule has 0 radical (unpaired) electrons. The Hall–Kier alpha value is -1.02. The largest absolute Gasteiger partial charge is 0.491 e. The summed E-state index contributed by atoms with van der Waals surface area (Å²) < 4.78 is 10.2. The first-order chi connectivity index (χ1) is 9.83. The van der Waals surface area contributed by atoms with Crippen molar-refractivity contribution in [2.75, 3.05) is 20.3 Å². The number of rotatable bonds is 4. The molecule has 1 rings (SSSR count). The van der Waals surface area contributed by atoms with Gasteiger partial charge in [-0.05, 0) is 19.1 Å². The Kier molecular flexibility index (Phi) is 42.1. The molecule has 0 saturated carbocycles. The summed E-state index contributed by atoms with van der Waals surface area (Å²) in [6, 6.07) is 7.99. The summed E-state index contributed by atoms with van der Waals surface area (Å²) in [5, 5.41) is 0. The Morgan fingerprint density at radius 2 is 1.10 bits per heavy atom. The molecule has 0 aliphatic heterocycles. The lowest BCUT2D eigenvalue weighted by atomic mass is 10.2. The van der Waals surface area contributed by atoms with Crippen molar-refractivity contribution in [1.29, 1.82) is 0 Å². The van der Waals surface area contributed by atoms with Gasteiger partial charge >= 0.3 is 0 Å². The molecule has 0 fully saturated rings. The maximum Gasteiger partial charge on any atom is 0.119 e. The standard InChI is InChI=1S/C10H14O2.4C2H6/c1-9-3-5-10(6-4-9)12-8-7-11-2;4*1-2/h3-6H,7-8H2,1-2H3;4*1-2H3. The maximum absolute atomic E-state index is 5.38. The second kappa shape index (κ2) is 30.8. The molecule has 0 heterocycles. The minimum absolute atomic E-state index is 0.611. The first-order valence-corrected chi connectivity index (χ1v) is 8.01. The van der Waals surface area contributed by atoms with Gasteiger partial charge in [-0.1, -0.05) is 73.1 Å². The number of aryl methyl sites for hydroxylation is 1. The molecule has 2 heteroatoms. The Bertz CT molecular complexity index is 217. The molecule has 1 aromatic rings. The molecule has 0 spiro atoms. The molecule has 0 bridgehead atoms. The van der Waals surface area contributed by atoms with Gasteiger partial charge < -0.3 is 9.47 Å². The first kappa shape index (κ1) is 27.3. The Morgan fingerprint density at radius 1 is 0.700 bits per heavy atom. The van der Waals surface area contributed by atoms with Crippen LogP contribution < -0.4 is 4.74 Å². The molecule has 0 saturated heterocycles. The predicted octanol–water partition coefficient (Wildman–Crippen LogP) is 6.13. The zero-order valence-corrected chi connectivity index (χ0v) is 15.5. The van der Waals surface area contributed by atoms with Crippen molar-refractivity contribution >= 4 is 0 Å². The highest BCUT2D eigenvalue weighted by atomic mass is 16.5. The van der Waals surface area contributed by atoms with Gasteiger partial charge in [-0.2, -0.15) is 0 Å². The molecule has 0 N–H and O–H groups in total. The lowest BCUT2D eigenvalue weighted by Gasteiger charge is -2.04. The van der Waals surface area contributed by atoms with Crippen LogP contribution in [0.4, 0.5) is 0 Å². The zero-order valence-electron chi connectivity index (χ0n) is 15.5. The van der Waals surface area contributed by atoms with Gasteiger partial charge in [0.2, 0.25) is 0 Å². The van der Waals surface area contributed by atoms with Crippen LogP contribution in [0.2, 0.25) is 0 Å². The molecule has 1 aromatic carbocycles. The number of ether oxygens (including phenoxy) is 2. The summed E-state index contributed by atoms with van der Waals surface area (Å²) in [5.74, 6) is 0.901. The molecule has 0 aromatic heterocycles. The van der Waals surface area contributed by atoms with E-state index >= 15 is 0 Å².